The topological polar surface area (TPSA) is 63.1 Å². The first-order valence-electron chi connectivity index (χ1n) is 4.37. The molecule has 0 saturated heterocycles. The molecule has 0 aliphatic carbocycles. The summed E-state index contributed by atoms with van der Waals surface area (Å²) in [4.78, 5) is 19.0. The number of ketones is 1. The van der Waals surface area contributed by atoms with Crippen molar-refractivity contribution >= 4 is 29.0 Å². The van der Waals surface area contributed by atoms with Crippen molar-refractivity contribution in [3.8, 4) is 0 Å². The number of hydrogen-bond donors (Lipinski definition) is 1. The lowest BCUT2D eigenvalue weighted by atomic mass is 10.0. The summed E-state index contributed by atoms with van der Waals surface area (Å²) < 4.78 is 0. The van der Waals surface area contributed by atoms with Crippen LogP contribution in [-0.2, 0) is 0 Å². The van der Waals surface area contributed by atoms with Crippen molar-refractivity contribution in [1.82, 2.24) is 9.97 Å². The van der Waals surface area contributed by atoms with Gasteiger partial charge in [0.2, 0.25) is 5.28 Å². The Kier molecular flexibility index (Phi) is 4.45. The Balaban J connectivity index is 2.82. The Morgan fingerprint density at radius 2 is 2.20 bits per heavy atom. The van der Waals surface area contributed by atoms with Gasteiger partial charge in [-0.05, 0) is 17.5 Å². The van der Waals surface area contributed by atoms with Crippen LogP contribution in [0.5, 0.6) is 0 Å². The van der Waals surface area contributed by atoms with Gasteiger partial charge in [0.25, 0.3) is 0 Å². The zero-order valence-corrected chi connectivity index (χ0v) is 9.59. The van der Waals surface area contributed by atoms with Gasteiger partial charge in [-0.1, -0.05) is 18.5 Å². The molecule has 0 fully saturated rings. The fourth-order valence-corrected chi connectivity index (χ4v) is 1.43. The first kappa shape index (κ1) is 12.4. The third kappa shape index (κ3) is 3.74. The van der Waals surface area contributed by atoms with Crippen LogP contribution in [0.4, 0.5) is 0 Å². The Morgan fingerprint density at radius 1 is 1.53 bits per heavy atom. The number of halogens is 2. The molecule has 1 N–H and O–H groups in total. The van der Waals surface area contributed by atoms with Crippen LogP contribution in [-0.4, -0.2) is 27.5 Å². The van der Waals surface area contributed by atoms with Crippen molar-refractivity contribution in [1.29, 1.82) is 0 Å². The molecule has 15 heavy (non-hydrogen) atoms. The molecule has 6 heteroatoms. The lowest BCUT2D eigenvalue weighted by Crippen LogP contribution is -2.11. The van der Waals surface area contributed by atoms with E-state index in [1.54, 1.807) is 6.92 Å². The minimum absolute atomic E-state index is 0.0434. The van der Waals surface area contributed by atoms with Crippen LogP contribution in [0, 0.1) is 5.92 Å². The van der Waals surface area contributed by atoms with Gasteiger partial charge in [-0.3, -0.25) is 4.79 Å². The monoisotopic (exact) mass is 248 g/mol. The fourth-order valence-electron chi connectivity index (χ4n) is 1.02. The Morgan fingerprint density at radius 3 is 2.73 bits per heavy atom. The highest BCUT2D eigenvalue weighted by atomic mass is 35.5. The maximum atomic E-state index is 11.6. The molecule has 1 heterocycles. The summed E-state index contributed by atoms with van der Waals surface area (Å²) in [7, 11) is 0. The standard InChI is InChI=1S/C9H10Cl2N2O2/c1-5(4-14)2-7(15)6-3-8(10)13-9(11)12-6/h3,5,14H,2,4H2,1H3/t5-/m1/s1. The van der Waals surface area contributed by atoms with Gasteiger partial charge < -0.3 is 5.11 Å². The van der Waals surface area contributed by atoms with Crippen LogP contribution in [0.15, 0.2) is 6.07 Å². The SMILES string of the molecule is C[C@@H](CO)CC(=O)c1cc(Cl)nc(Cl)n1. The zero-order chi connectivity index (χ0) is 11.4. The number of carbonyl (C=O) groups is 1. The van der Waals surface area contributed by atoms with E-state index in [1.807, 2.05) is 0 Å². The highest BCUT2D eigenvalue weighted by molar-refractivity contribution is 6.32. The summed E-state index contributed by atoms with van der Waals surface area (Å²) in [6.07, 6.45) is 0.209. The molecule has 0 aliphatic heterocycles. The molecule has 0 aromatic carbocycles. The average molecular weight is 249 g/mol. The van der Waals surface area contributed by atoms with E-state index in [0.717, 1.165) is 0 Å². The summed E-state index contributed by atoms with van der Waals surface area (Å²) in [5, 5.41) is 8.88. The van der Waals surface area contributed by atoms with Crippen molar-refractivity contribution in [2.24, 2.45) is 5.92 Å². The van der Waals surface area contributed by atoms with Gasteiger partial charge >= 0.3 is 0 Å². The van der Waals surface area contributed by atoms with E-state index in [2.05, 4.69) is 9.97 Å². The van der Waals surface area contributed by atoms with Crippen LogP contribution >= 0.6 is 23.2 Å². The van der Waals surface area contributed by atoms with Crippen LogP contribution in [0.3, 0.4) is 0 Å². The van der Waals surface area contributed by atoms with Crippen molar-refractivity contribution in [2.75, 3.05) is 6.61 Å². The first-order valence-corrected chi connectivity index (χ1v) is 5.12. The molecule has 1 aromatic heterocycles. The van der Waals surface area contributed by atoms with Gasteiger partial charge in [-0.15, -0.1) is 0 Å². The summed E-state index contributed by atoms with van der Waals surface area (Å²) >= 11 is 11.2. The molecule has 4 nitrogen and oxygen atoms in total. The molecule has 0 aliphatic rings. The largest absolute Gasteiger partial charge is 0.396 e. The van der Waals surface area contributed by atoms with Crippen molar-refractivity contribution < 1.29 is 9.90 Å². The van der Waals surface area contributed by atoms with Crippen molar-refractivity contribution in [3.05, 3.63) is 22.2 Å². The van der Waals surface area contributed by atoms with Gasteiger partial charge in [0.1, 0.15) is 10.8 Å². The van der Waals surface area contributed by atoms with Crippen LogP contribution in [0.1, 0.15) is 23.8 Å². The third-order valence-corrected chi connectivity index (χ3v) is 2.16. The Labute approximate surface area is 97.3 Å². The predicted molar refractivity (Wildman–Crippen MR) is 57.2 cm³/mol. The smallest absolute Gasteiger partial charge is 0.224 e. The van der Waals surface area contributed by atoms with E-state index in [1.165, 1.54) is 6.07 Å². The van der Waals surface area contributed by atoms with E-state index >= 15 is 0 Å². The molecule has 0 amide bonds. The fraction of sp³-hybridized carbons (Fsp3) is 0.444. The molecule has 1 aromatic rings. The maximum absolute atomic E-state index is 11.6. The second-order valence-electron chi connectivity index (χ2n) is 3.26. The number of aliphatic hydroxyl groups is 1. The lowest BCUT2D eigenvalue weighted by Gasteiger charge is -2.06. The first-order chi connectivity index (χ1) is 7.02. The van der Waals surface area contributed by atoms with E-state index in [4.69, 9.17) is 28.3 Å². The van der Waals surface area contributed by atoms with Gasteiger partial charge in [0, 0.05) is 19.1 Å². The highest BCUT2D eigenvalue weighted by Crippen LogP contribution is 2.14. The quantitative estimate of drug-likeness (QED) is 0.503. The van der Waals surface area contributed by atoms with Crippen LogP contribution < -0.4 is 0 Å². The molecule has 0 saturated carbocycles. The van der Waals surface area contributed by atoms with Crippen molar-refractivity contribution in [2.45, 2.75) is 13.3 Å². The molecule has 0 bridgehead atoms. The summed E-state index contributed by atoms with van der Waals surface area (Å²) in [5.41, 5.74) is 0.181. The number of rotatable bonds is 4. The average Bonchev–Trinajstić information content (AvgIpc) is 2.16. The van der Waals surface area contributed by atoms with Gasteiger partial charge in [0.05, 0.1) is 0 Å². The molecular weight excluding hydrogens is 239 g/mol. The van der Waals surface area contributed by atoms with Gasteiger partial charge in [-0.25, -0.2) is 9.97 Å². The van der Waals surface area contributed by atoms with Gasteiger partial charge in [-0.2, -0.15) is 0 Å². The second-order valence-corrected chi connectivity index (χ2v) is 3.99. The summed E-state index contributed by atoms with van der Waals surface area (Å²) in [6, 6.07) is 1.36. The van der Waals surface area contributed by atoms with E-state index in [-0.39, 0.29) is 40.9 Å². The normalized spacial score (nSPS) is 12.5. The number of nitrogens with zero attached hydrogens (tertiary/aromatic N) is 2. The van der Waals surface area contributed by atoms with E-state index in [0.29, 0.717) is 0 Å². The zero-order valence-electron chi connectivity index (χ0n) is 8.07. The number of hydrogen-bond acceptors (Lipinski definition) is 4. The minimum Gasteiger partial charge on any atom is -0.396 e. The maximum Gasteiger partial charge on any atom is 0.224 e. The van der Waals surface area contributed by atoms with Crippen LogP contribution in [0.2, 0.25) is 10.4 Å². The number of carbonyl (C=O) groups excluding carboxylic acids is 1. The summed E-state index contributed by atoms with van der Waals surface area (Å²) in [6.45, 7) is 1.72. The molecule has 82 valence electrons. The summed E-state index contributed by atoms with van der Waals surface area (Å²) in [5.74, 6) is -0.312. The minimum atomic E-state index is -0.206. The second kappa shape index (κ2) is 5.39. The molecule has 0 spiro atoms. The van der Waals surface area contributed by atoms with Gasteiger partial charge in [0.15, 0.2) is 5.78 Å². The number of aromatic nitrogens is 2. The van der Waals surface area contributed by atoms with Crippen LogP contribution in [0.25, 0.3) is 0 Å². The molecule has 0 radical (unpaired) electrons. The predicted octanol–water partition coefficient (Wildman–Crippen LogP) is 1.98. The third-order valence-electron chi connectivity index (χ3n) is 1.80. The molecule has 1 atom stereocenters. The lowest BCUT2D eigenvalue weighted by molar-refractivity contribution is 0.0938. The number of aliphatic hydroxyl groups excluding tert-OH is 1. The van der Waals surface area contributed by atoms with E-state index < -0.39 is 0 Å². The number of Topliss-reactive ketones (excluding diaryl/α,β-unsaturated/α-hetero) is 1. The molecular formula is C9H10Cl2N2O2. The Bertz CT molecular complexity index is 351. The molecule has 1 rings (SSSR count). The Hall–Kier alpha value is -0.710. The molecule has 0 unspecified atom stereocenters. The van der Waals surface area contributed by atoms with E-state index in [9.17, 15) is 4.79 Å². The highest BCUT2D eigenvalue weighted by Gasteiger charge is 2.13. The van der Waals surface area contributed by atoms with Crippen molar-refractivity contribution in [3.63, 3.8) is 0 Å².